The molecule has 150 valence electrons. The van der Waals surface area contributed by atoms with Crippen LogP contribution in [-0.4, -0.2) is 61.8 Å². The Morgan fingerprint density at radius 2 is 1.78 bits per heavy atom. The van der Waals surface area contributed by atoms with Crippen LogP contribution in [-0.2, 0) is 14.8 Å². The topological polar surface area (TPSA) is 69.7 Å². The van der Waals surface area contributed by atoms with E-state index in [1.54, 1.807) is 6.92 Å². The van der Waals surface area contributed by atoms with Crippen LogP contribution in [0.5, 0.6) is 0 Å². The van der Waals surface area contributed by atoms with Gasteiger partial charge in [0.2, 0.25) is 15.9 Å². The summed E-state index contributed by atoms with van der Waals surface area (Å²) in [6, 6.07) is 2.28. The van der Waals surface area contributed by atoms with Crippen molar-refractivity contribution in [2.24, 2.45) is 0 Å². The van der Waals surface area contributed by atoms with Crippen LogP contribution in [0, 0.1) is 11.6 Å². The van der Waals surface area contributed by atoms with Gasteiger partial charge in [-0.3, -0.25) is 9.69 Å². The fourth-order valence-corrected chi connectivity index (χ4v) is 5.20. The minimum atomic E-state index is -4.11. The van der Waals surface area contributed by atoms with Gasteiger partial charge >= 0.3 is 0 Å². The fraction of sp³-hybridized carbons (Fsp3) is 0.611. The summed E-state index contributed by atoms with van der Waals surface area (Å²) in [6.07, 6.45) is 4.27. The number of benzene rings is 1. The number of carbonyl (C=O) groups excluding carboxylic acids is 1. The fourth-order valence-electron chi connectivity index (χ4n) is 3.70. The van der Waals surface area contributed by atoms with Crippen molar-refractivity contribution in [3.63, 3.8) is 0 Å². The number of sulfonamides is 1. The van der Waals surface area contributed by atoms with Gasteiger partial charge in [0.25, 0.3) is 0 Å². The minimum absolute atomic E-state index is 0.0469. The summed E-state index contributed by atoms with van der Waals surface area (Å²) in [7, 11) is -4.11. The number of halogens is 2. The number of piperazine rings is 1. The van der Waals surface area contributed by atoms with Gasteiger partial charge in [-0.25, -0.2) is 17.2 Å². The molecule has 1 aromatic carbocycles. The summed E-state index contributed by atoms with van der Waals surface area (Å²) in [5, 5.41) is 3.05. The van der Waals surface area contributed by atoms with Crippen LogP contribution in [0.4, 0.5) is 8.78 Å². The highest BCUT2D eigenvalue weighted by Crippen LogP contribution is 2.22. The molecule has 0 aromatic heterocycles. The number of nitrogens with one attached hydrogen (secondary N) is 1. The van der Waals surface area contributed by atoms with Crippen LogP contribution in [0.3, 0.4) is 0 Å². The summed E-state index contributed by atoms with van der Waals surface area (Å²) < 4.78 is 53.6. The third kappa shape index (κ3) is 4.47. The van der Waals surface area contributed by atoms with E-state index in [0.29, 0.717) is 19.2 Å². The van der Waals surface area contributed by atoms with E-state index >= 15 is 0 Å². The first-order chi connectivity index (χ1) is 12.8. The second-order valence-corrected chi connectivity index (χ2v) is 9.09. The van der Waals surface area contributed by atoms with E-state index in [0.717, 1.165) is 42.1 Å². The first kappa shape index (κ1) is 20.2. The van der Waals surface area contributed by atoms with Gasteiger partial charge in [0, 0.05) is 32.2 Å². The normalized spacial score (nSPS) is 21.3. The average Bonchev–Trinajstić information content (AvgIpc) is 3.16. The number of nitrogens with zero attached hydrogens (tertiary/aromatic N) is 2. The van der Waals surface area contributed by atoms with Gasteiger partial charge in [-0.2, -0.15) is 4.31 Å². The summed E-state index contributed by atoms with van der Waals surface area (Å²) in [4.78, 5) is 13.7. The molecule has 1 aliphatic heterocycles. The lowest BCUT2D eigenvalue weighted by Crippen LogP contribution is -2.55. The number of hydrogen-bond acceptors (Lipinski definition) is 4. The van der Waals surface area contributed by atoms with Crippen LogP contribution in [0.1, 0.15) is 32.6 Å². The predicted octanol–water partition coefficient (Wildman–Crippen LogP) is 1.72. The number of amides is 1. The Kier molecular flexibility index (Phi) is 6.12. The standard InChI is InChI=1S/C18H25F2N3O3S/c1-13(18(24)21-15-4-2-3-5-15)22-8-10-23(11-9-22)27(25,26)17-12-14(19)6-7-16(17)20/h6-7,12-13,15H,2-5,8-11H2,1H3,(H,21,24)/t13-/m1/s1. The molecule has 0 unspecified atom stereocenters. The van der Waals surface area contributed by atoms with Crippen LogP contribution < -0.4 is 5.32 Å². The van der Waals surface area contributed by atoms with Crippen molar-refractivity contribution in [1.29, 1.82) is 0 Å². The molecule has 1 aromatic rings. The van der Waals surface area contributed by atoms with Crippen molar-refractivity contribution in [3.8, 4) is 0 Å². The van der Waals surface area contributed by atoms with Crippen molar-refractivity contribution in [2.45, 2.75) is 49.6 Å². The van der Waals surface area contributed by atoms with E-state index in [2.05, 4.69) is 5.32 Å². The Labute approximate surface area is 158 Å². The van der Waals surface area contributed by atoms with Gasteiger partial charge in [0.15, 0.2) is 0 Å². The second-order valence-electron chi connectivity index (χ2n) is 7.18. The lowest BCUT2D eigenvalue weighted by Gasteiger charge is -2.37. The molecule has 3 rings (SSSR count). The van der Waals surface area contributed by atoms with Gasteiger partial charge in [-0.1, -0.05) is 12.8 Å². The van der Waals surface area contributed by atoms with Crippen molar-refractivity contribution in [2.75, 3.05) is 26.2 Å². The molecule has 2 fully saturated rings. The van der Waals surface area contributed by atoms with Crippen LogP contribution in [0.2, 0.25) is 0 Å². The quantitative estimate of drug-likeness (QED) is 0.816. The van der Waals surface area contributed by atoms with E-state index in [1.807, 2.05) is 4.90 Å². The number of rotatable bonds is 5. The van der Waals surface area contributed by atoms with Crippen molar-refractivity contribution < 1.29 is 22.0 Å². The highest BCUT2D eigenvalue weighted by atomic mass is 32.2. The summed E-state index contributed by atoms with van der Waals surface area (Å²) in [5.74, 6) is -1.82. The molecular formula is C18H25F2N3O3S. The third-order valence-electron chi connectivity index (χ3n) is 5.41. The van der Waals surface area contributed by atoms with Gasteiger partial charge in [-0.05, 0) is 38.0 Å². The molecule has 1 atom stereocenters. The summed E-state index contributed by atoms with van der Waals surface area (Å²) in [6.45, 7) is 2.77. The molecule has 1 N–H and O–H groups in total. The van der Waals surface area contributed by atoms with Crippen LogP contribution in [0.25, 0.3) is 0 Å². The molecule has 6 nitrogen and oxygen atoms in total. The average molecular weight is 401 g/mol. The van der Waals surface area contributed by atoms with Crippen molar-refractivity contribution in [1.82, 2.24) is 14.5 Å². The second kappa shape index (κ2) is 8.20. The zero-order valence-electron chi connectivity index (χ0n) is 15.3. The maximum absolute atomic E-state index is 13.9. The monoisotopic (exact) mass is 401 g/mol. The molecule has 0 radical (unpaired) electrons. The van der Waals surface area contributed by atoms with E-state index in [1.165, 1.54) is 0 Å². The van der Waals surface area contributed by atoms with E-state index in [4.69, 9.17) is 0 Å². The molecule has 0 spiro atoms. The molecule has 1 saturated carbocycles. The maximum atomic E-state index is 13.9. The van der Waals surface area contributed by atoms with Crippen LogP contribution >= 0.6 is 0 Å². The Balaban J connectivity index is 1.60. The van der Waals surface area contributed by atoms with Crippen molar-refractivity contribution in [3.05, 3.63) is 29.8 Å². The predicted molar refractivity (Wildman–Crippen MR) is 96.6 cm³/mol. The highest BCUT2D eigenvalue weighted by Gasteiger charge is 2.34. The Hall–Kier alpha value is -1.58. The number of hydrogen-bond donors (Lipinski definition) is 1. The van der Waals surface area contributed by atoms with Crippen molar-refractivity contribution >= 4 is 15.9 Å². The zero-order valence-corrected chi connectivity index (χ0v) is 16.1. The zero-order chi connectivity index (χ0) is 19.6. The Morgan fingerprint density at radius 1 is 1.15 bits per heavy atom. The molecule has 27 heavy (non-hydrogen) atoms. The third-order valence-corrected chi connectivity index (χ3v) is 7.33. The lowest BCUT2D eigenvalue weighted by atomic mass is 10.2. The molecule has 1 amide bonds. The molecule has 1 saturated heterocycles. The summed E-state index contributed by atoms with van der Waals surface area (Å²) >= 11 is 0. The molecule has 2 aliphatic rings. The SMILES string of the molecule is C[C@H](C(=O)NC1CCCC1)N1CCN(S(=O)(=O)c2cc(F)ccc2F)CC1. The van der Waals surface area contributed by atoms with E-state index in [9.17, 15) is 22.0 Å². The molecule has 1 aliphatic carbocycles. The molecule has 1 heterocycles. The first-order valence-electron chi connectivity index (χ1n) is 9.28. The van der Waals surface area contributed by atoms with Gasteiger partial charge in [-0.15, -0.1) is 0 Å². The molecule has 0 bridgehead atoms. The van der Waals surface area contributed by atoms with Gasteiger partial charge in [0.05, 0.1) is 6.04 Å². The van der Waals surface area contributed by atoms with Crippen LogP contribution in [0.15, 0.2) is 23.1 Å². The highest BCUT2D eigenvalue weighted by molar-refractivity contribution is 7.89. The molecule has 9 heteroatoms. The first-order valence-corrected chi connectivity index (χ1v) is 10.7. The smallest absolute Gasteiger partial charge is 0.246 e. The Bertz CT molecular complexity index is 789. The van der Waals surface area contributed by atoms with E-state index in [-0.39, 0.29) is 31.1 Å². The van der Waals surface area contributed by atoms with Gasteiger partial charge in [0.1, 0.15) is 16.5 Å². The maximum Gasteiger partial charge on any atom is 0.246 e. The van der Waals surface area contributed by atoms with Gasteiger partial charge < -0.3 is 5.32 Å². The lowest BCUT2D eigenvalue weighted by molar-refractivity contribution is -0.127. The van der Waals surface area contributed by atoms with E-state index < -0.39 is 26.6 Å². The minimum Gasteiger partial charge on any atom is -0.352 e. The Morgan fingerprint density at radius 3 is 2.41 bits per heavy atom. The summed E-state index contributed by atoms with van der Waals surface area (Å²) in [5.41, 5.74) is 0. The number of carbonyl (C=O) groups is 1. The largest absolute Gasteiger partial charge is 0.352 e. The molecular weight excluding hydrogens is 376 g/mol.